The molecular formula is C16H21NO5S. The minimum Gasteiger partial charge on any atom is -0.429 e. The Kier molecular flexibility index (Phi) is 6.62. The summed E-state index contributed by atoms with van der Waals surface area (Å²) in [6, 6.07) is 7.36. The number of benzene rings is 1. The summed E-state index contributed by atoms with van der Waals surface area (Å²) >= 11 is 1.00. The second kappa shape index (κ2) is 8.01. The van der Waals surface area contributed by atoms with Gasteiger partial charge in [0.05, 0.1) is 4.92 Å². The van der Waals surface area contributed by atoms with E-state index in [4.69, 9.17) is 9.47 Å². The van der Waals surface area contributed by atoms with Crippen molar-refractivity contribution in [3.8, 4) is 0 Å². The van der Waals surface area contributed by atoms with Crippen molar-refractivity contribution < 1.29 is 19.2 Å². The van der Waals surface area contributed by atoms with E-state index in [2.05, 4.69) is 0 Å². The maximum Gasteiger partial charge on any atom is 0.509 e. The van der Waals surface area contributed by atoms with Gasteiger partial charge in [0.25, 0.3) is 0 Å². The Labute approximate surface area is 140 Å². The SMILES string of the molecule is Cc1ccc(S/C(=C\[C@H](C)OC(=O)OC(C)(C)C)[N+](=O)[O-])cc1. The lowest BCUT2D eigenvalue weighted by Gasteiger charge is -2.19. The zero-order chi connectivity index (χ0) is 17.6. The first-order chi connectivity index (χ1) is 10.6. The fourth-order valence-corrected chi connectivity index (χ4v) is 2.37. The average Bonchev–Trinajstić information content (AvgIpc) is 2.37. The lowest BCUT2D eigenvalue weighted by Crippen LogP contribution is -2.26. The van der Waals surface area contributed by atoms with Crippen molar-refractivity contribution in [3.63, 3.8) is 0 Å². The van der Waals surface area contributed by atoms with E-state index in [9.17, 15) is 14.9 Å². The third-order valence-corrected chi connectivity index (χ3v) is 3.47. The van der Waals surface area contributed by atoms with E-state index in [1.807, 2.05) is 19.1 Å². The second-order valence-electron chi connectivity index (χ2n) is 5.96. The molecule has 7 heteroatoms. The van der Waals surface area contributed by atoms with Crippen LogP contribution in [0.15, 0.2) is 40.3 Å². The van der Waals surface area contributed by atoms with Gasteiger partial charge in [-0.2, -0.15) is 0 Å². The number of hydrogen-bond donors (Lipinski definition) is 0. The first-order valence-corrected chi connectivity index (χ1v) is 7.89. The van der Waals surface area contributed by atoms with Crippen molar-refractivity contribution in [3.05, 3.63) is 51.0 Å². The normalized spacial score (nSPS) is 13.3. The highest BCUT2D eigenvalue weighted by atomic mass is 32.2. The predicted molar refractivity (Wildman–Crippen MR) is 88.9 cm³/mol. The van der Waals surface area contributed by atoms with E-state index in [-0.39, 0.29) is 5.03 Å². The molecule has 0 fully saturated rings. The first-order valence-electron chi connectivity index (χ1n) is 7.07. The van der Waals surface area contributed by atoms with Crippen molar-refractivity contribution >= 4 is 17.9 Å². The van der Waals surface area contributed by atoms with Crippen LogP contribution in [-0.4, -0.2) is 22.8 Å². The number of thioether (sulfide) groups is 1. The Morgan fingerprint density at radius 3 is 2.35 bits per heavy atom. The van der Waals surface area contributed by atoms with E-state index in [1.54, 1.807) is 39.8 Å². The molecule has 0 spiro atoms. The molecule has 0 unspecified atom stereocenters. The molecule has 0 aliphatic rings. The number of ether oxygens (including phenoxy) is 2. The van der Waals surface area contributed by atoms with Crippen LogP contribution in [0.2, 0.25) is 0 Å². The largest absolute Gasteiger partial charge is 0.509 e. The molecule has 0 amide bonds. The highest BCUT2D eigenvalue weighted by Gasteiger charge is 2.21. The van der Waals surface area contributed by atoms with Gasteiger partial charge in [-0.25, -0.2) is 4.79 Å². The summed E-state index contributed by atoms with van der Waals surface area (Å²) in [6.45, 7) is 8.62. The molecule has 0 aromatic heterocycles. The highest BCUT2D eigenvalue weighted by molar-refractivity contribution is 8.02. The summed E-state index contributed by atoms with van der Waals surface area (Å²) in [5.74, 6) is 0. The molecule has 23 heavy (non-hydrogen) atoms. The fourth-order valence-electron chi connectivity index (χ4n) is 1.52. The van der Waals surface area contributed by atoms with E-state index in [0.717, 1.165) is 22.2 Å². The zero-order valence-electron chi connectivity index (χ0n) is 13.9. The summed E-state index contributed by atoms with van der Waals surface area (Å²) in [5.41, 5.74) is 0.394. The number of nitrogens with zero attached hydrogens (tertiary/aromatic N) is 1. The quantitative estimate of drug-likeness (QED) is 0.339. The van der Waals surface area contributed by atoms with Crippen molar-refractivity contribution in [1.29, 1.82) is 0 Å². The predicted octanol–water partition coefficient (Wildman–Crippen LogP) is 4.55. The Balaban J connectivity index is 2.76. The summed E-state index contributed by atoms with van der Waals surface area (Å²) in [5, 5.41) is 11.1. The van der Waals surface area contributed by atoms with Crippen LogP contribution in [0.3, 0.4) is 0 Å². The maximum absolute atomic E-state index is 11.6. The van der Waals surface area contributed by atoms with Crippen molar-refractivity contribution in [1.82, 2.24) is 0 Å². The van der Waals surface area contributed by atoms with Gasteiger partial charge in [0.1, 0.15) is 11.7 Å². The molecule has 1 atom stereocenters. The molecule has 1 aromatic rings. The summed E-state index contributed by atoms with van der Waals surface area (Å²) in [4.78, 5) is 23.0. The summed E-state index contributed by atoms with van der Waals surface area (Å²) < 4.78 is 10.0. The minimum atomic E-state index is -0.857. The van der Waals surface area contributed by atoms with Gasteiger partial charge in [-0.05, 0) is 58.5 Å². The number of aryl methyl sites for hydroxylation is 1. The van der Waals surface area contributed by atoms with Crippen LogP contribution in [0, 0.1) is 17.0 Å². The van der Waals surface area contributed by atoms with Crippen LogP contribution in [0.25, 0.3) is 0 Å². The molecular weight excluding hydrogens is 318 g/mol. The van der Waals surface area contributed by atoms with Gasteiger partial charge < -0.3 is 9.47 Å². The van der Waals surface area contributed by atoms with Crippen LogP contribution < -0.4 is 0 Å². The lowest BCUT2D eigenvalue weighted by molar-refractivity contribution is -0.410. The maximum atomic E-state index is 11.6. The van der Waals surface area contributed by atoms with E-state index < -0.39 is 22.8 Å². The molecule has 0 N–H and O–H groups in total. The van der Waals surface area contributed by atoms with Crippen LogP contribution in [0.5, 0.6) is 0 Å². The van der Waals surface area contributed by atoms with Gasteiger partial charge in [0.2, 0.25) is 0 Å². The number of nitro groups is 1. The Bertz CT molecular complexity index is 589. The molecule has 0 radical (unpaired) electrons. The number of carbonyl (C=O) groups is 1. The summed E-state index contributed by atoms with van der Waals surface area (Å²) in [6.07, 6.45) is -0.346. The number of rotatable bonds is 5. The van der Waals surface area contributed by atoms with Crippen LogP contribution in [0.1, 0.15) is 33.3 Å². The van der Waals surface area contributed by atoms with Gasteiger partial charge in [-0.3, -0.25) is 10.1 Å². The van der Waals surface area contributed by atoms with Gasteiger partial charge in [-0.15, -0.1) is 0 Å². The standard InChI is InChI=1S/C16H21NO5S/c1-11-6-8-13(9-7-11)23-14(17(19)20)10-12(2)21-15(18)22-16(3,4)5/h6-10,12H,1-5H3/b14-10-/t12-/m0/s1. The van der Waals surface area contributed by atoms with Gasteiger partial charge in [-0.1, -0.05) is 17.7 Å². The molecule has 1 rings (SSSR count). The van der Waals surface area contributed by atoms with Crippen molar-refractivity contribution in [2.24, 2.45) is 0 Å². The van der Waals surface area contributed by atoms with Crippen molar-refractivity contribution in [2.45, 2.75) is 51.2 Å². The molecule has 0 bridgehead atoms. The number of hydrogen-bond acceptors (Lipinski definition) is 6. The van der Waals surface area contributed by atoms with Gasteiger partial charge >= 0.3 is 11.2 Å². The lowest BCUT2D eigenvalue weighted by atomic mass is 10.2. The highest BCUT2D eigenvalue weighted by Crippen LogP contribution is 2.27. The Morgan fingerprint density at radius 1 is 1.30 bits per heavy atom. The van der Waals surface area contributed by atoms with E-state index in [0.29, 0.717) is 0 Å². The minimum absolute atomic E-state index is 0.107. The monoisotopic (exact) mass is 339 g/mol. The van der Waals surface area contributed by atoms with Crippen molar-refractivity contribution in [2.75, 3.05) is 0 Å². The average molecular weight is 339 g/mol. The van der Waals surface area contributed by atoms with Crippen LogP contribution >= 0.6 is 11.8 Å². The third-order valence-electron chi connectivity index (χ3n) is 2.47. The molecule has 0 saturated carbocycles. The molecule has 0 saturated heterocycles. The molecule has 6 nitrogen and oxygen atoms in total. The molecule has 0 heterocycles. The topological polar surface area (TPSA) is 78.7 Å². The molecule has 0 aliphatic carbocycles. The Hall–Kier alpha value is -2.02. The zero-order valence-corrected chi connectivity index (χ0v) is 14.7. The van der Waals surface area contributed by atoms with Gasteiger partial charge in [0, 0.05) is 11.0 Å². The van der Waals surface area contributed by atoms with Gasteiger partial charge in [0.15, 0.2) is 0 Å². The Morgan fingerprint density at radius 2 is 1.87 bits per heavy atom. The smallest absolute Gasteiger partial charge is 0.429 e. The molecule has 0 aliphatic heterocycles. The fraction of sp³-hybridized carbons (Fsp3) is 0.438. The summed E-state index contributed by atoms with van der Waals surface area (Å²) in [7, 11) is 0. The second-order valence-corrected chi connectivity index (χ2v) is 7.06. The third kappa shape index (κ3) is 7.69. The number of carbonyl (C=O) groups excluding carboxylic acids is 1. The molecule has 1 aromatic carbocycles. The van der Waals surface area contributed by atoms with E-state index >= 15 is 0 Å². The van der Waals surface area contributed by atoms with E-state index in [1.165, 1.54) is 6.08 Å². The van der Waals surface area contributed by atoms with Crippen LogP contribution in [-0.2, 0) is 9.47 Å². The van der Waals surface area contributed by atoms with Crippen LogP contribution in [0.4, 0.5) is 4.79 Å². The first kappa shape index (κ1) is 19.0. The molecule has 126 valence electrons.